The highest BCUT2D eigenvalue weighted by Gasteiger charge is 2.25. The van der Waals surface area contributed by atoms with E-state index < -0.39 is 0 Å². The number of nitrogens with zero attached hydrogens (tertiary/aromatic N) is 4. The number of hydrogen-bond donors (Lipinski definition) is 1. The number of hydrogen-bond acceptors (Lipinski definition) is 5. The number of aromatic nitrogens is 4. The minimum Gasteiger partial charge on any atom is -0.348 e. The zero-order valence-electron chi connectivity index (χ0n) is 13.2. The number of imidazole rings is 1. The molecule has 1 aliphatic heterocycles. The highest BCUT2D eigenvalue weighted by Crippen LogP contribution is 2.30. The molecule has 0 radical (unpaired) electrons. The van der Waals surface area contributed by atoms with Crippen molar-refractivity contribution < 1.29 is 4.39 Å². The van der Waals surface area contributed by atoms with E-state index in [2.05, 4.69) is 25.1 Å². The van der Waals surface area contributed by atoms with Crippen LogP contribution in [-0.4, -0.2) is 33.3 Å². The Hall–Kier alpha value is -2.28. The fourth-order valence-electron chi connectivity index (χ4n) is 3.10. The van der Waals surface area contributed by atoms with Crippen molar-refractivity contribution in [3.63, 3.8) is 0 Å². The summed E-state index contributed by atoms with van der Waals surface area (Å²) in [6, 6.07) is 6.56. The summed E-state index contributed by atoms with van der Waals surface area (Å²) in [5.74, 6) is 1.25. The van der Waals surface area contributed by atoms with Gasteiger partial charge in [-0.1, -0.05) is 23.5 Å². The molecule has 0 amide bonds. The molecule has 3 heterocycles. The SMILES string of the molecule is Fc1ccc(Cc2nnc(N3CCCC(c4ncc[nH]4)C3)s2)cc1. The van der Waals surface area contributed by atoms with Gasteiger partial charge >= 0.3 is 0 Å². The van der Waals surface area contributed by atoms with E-state index in [0.717, 1.165) is 47.5 Å². The Kier molecular flexibility index (Phi) is 4.25. The Bertz CT molecular complexity index is 784. The summed E-state index contributed by atoms with van der Waals surface area (Å²) in [6.07, 6.45) is 6.64. The summed E-state index contributed by atoms with van der Waals surface area (Å²) < 4.78 is 13.0. The third kappa shape index (κ3) is 3.31. The van der Waals surface area contributed by atoms with Crippen LogP contribution in [0.25, 0.3) is 0 Å². The van der Waals surface area contributed by atoms with Crippen LogP contribution in [-0.2, 0) is 6.42 Å². The fourth-order valence-corrected chi connectivity index (χ4v) is 4.00. The normalized spacial score (nSPS) is 18.0. The molecule has 7 heteroatoms. The summed E-state index contributed by atoms with van der Waals surface area (Å²) in [5.41, 5.74) is 1.05. The molecule has 0 aliphatic carbocycles. The van der Waals surface area contributed by atoms with E-state index in [4.69, 9.17) is 0 Å². The molecule has 1 unspecified atom stereocenters. The van der Waals surface area contributed by atoms with E-state index in [-0.39, 0.29) is 5.82 Å². The second-order valence-corrected chi connectivity index (χ2v) is 7.08. The van der Waals surface area contributed by atoms with Gasteiger partial charge in [0.25, 0.3) is 0 Å². The number of benzene rings is 1. The van der Waals surface area contributed by atoms with E-state index >= 15 is 0 Å². The Morgan fingerprint density at radius 2 is 2.12 bits per heavy atom. The van der Waals surface area contributed by atoms with E-state index in [1.54, 1.807) is 29.7 Å². The zero-order chi connectivity index (χ0) is 16.4. The summed E-state index contributed by atoms with van der Waals surface area (Å²) in [7, 11) is 0. The number of piperidine rings is 1. The molecule has 0 spiro atoms. The van der Waals surface area contributed by atoms with Crippen LogP contribution in [0.5, 0.6) is 0 Å². The molecule has 5 nitrogen and oxygen atoms in total. The molecule has 4 rings (SSSR count). The maximum Gasteiger partial charge on any atom is 0.208 e. The first kappa shape index (κ1) is 15.3. The van der Waals surface area contributed by atoms with Crippen molar-refractivity contribution in [1.29, 1.82) is 0 Å². The fraction of sp³-hybridized carbons (Fsp3) is 0.353. The van der Waals surface area contributed by atoms with Crippen LogP contribution in [0.15, 0.2) is 36.7 Å². The van der Waals surface area contributed by atoms with Gasteiger partial charge in [0.05, 0.1) is 0 Å². The molecule has 1 saturated heterocycles. The van der Waals surface area contributed by atoms with Gasteiger partial charge in [-0.25, -0.2) is 9.37 Å². The topological polar surface area (TPSA) is 57.7 Å². The quantitative estimate of drug-likeness (QED) is 0.789. The molecular weight excluding hydrogens is 325 g/mol. The molecule has 24 heavy (non-hydrogen) atoms. The van der Waals surface area contributed by atoms with Crippen molar-refractivity contribution in [3.8, 4) is 0 Å². The third-order valence-corrected chi connectivity index (χ3v) is 5.31. The lowest BCUT2D eigenvalue weighted by molar-refractivity contribution is 0.493. The second kappa shape index (κ2) is 6.68. The molecule has 1 N–H and O–H groups in total. The van der Waals surface area contributed by atoms with Gasteiger partial charge in [0.15, 0.2) is 0 Å². The van der Waals surface area contributed by atoms with Gasteiger partial charge in [-0.15, -0.1) is 10.2 Å². The molecular formula is C17H18FN5S. The Morgan fingerprint density at radius 1 is 1.25 bits per heavy atom. The van der Waals surface area contributed by atoms with E-state index in [1.165, 1.54) is 12.1 Å². The van der Waals surface area contributed by atoms with Crippen molar-refractivity contribution in [1.82, 2.24) is 20.2 Å². The standard InChI is InChI=1S/C17H18FN5S/c18-14-5-3-12(4-6-14)10-15-21-22-17(24-15)23-9-1-2-13(11-23)16-19-7-8-20-16/h3-8,13H,1-2,9-11H2,(H,19,20). The van der Waals surface area contributed by atoms with Gasteiger partial charge in [-0.3, -0.25) is 0 Å². The summed E-state index contributed by atoms with van der Waals surface area (Å²) in [6.45, 7) is 1.92. The molecule has 2 aromatic heterocycles. The lowest BCUT2D eigenvalue weighted by Crippen LogP contribution is -2.34. The van der Waals surface area contributed by atoms with Crippen LogP contribution in [0.1, 0.15) is 35.2 Å². The summed E-state index contributed by atoms with van der Waals surface area (Å²) in [5, 5.41) is 10.6. The minimum atomic E-state index is -0.214. The van der Waals surface area contributed by atoms with Crippen molar-refractivity contribution in [2.45, 2.75) is 25.2 Å². The molecule has 1 atom stereocenters. The molecule has 1 fully saturated rings. The number of anilines is 1. The van der Waals surface area contributed by atoms with Gasteiger partial charge in [0, 0.05) is 37.8 Å². The molecule has 0 saturated carbocycles. The number of nitrogens with one attached hydrogen (secondary N) is 1. The minimum absolute atomic E-state index is 0.214. The lowest BCUT2D eigenvalue weighted by atomic mass is 9.98. The first-order chi connectivity index (χ1) is 11.8. The lowest BCUT2D eigenvalue weighted by Gasteiger charge is -2.31. The van der Waals surface area contributed by atoms with E-state index in [9.17, 15) is 4.39 Å². The zero-order valence-corrected chi connectivity index (χ0v) is 14.0. The Labute approximate surface area is 143 Å². The summed E-state index contributed by atoms with van der Waals surface area (Å²) in [4.78, 5) is 9.91. The highest BCUT2D eigenvalue weighted by atomic mass is 32.1. The van der Waals surface area contributed by atoms with Gasteiger partial charge in [-0.05, 0) is 30.5 Å². The maximum absolute atomic E-state index is 13.0. The number of aromatic amines is 1. The third-order valence-electron chi connectivity index (χ3n) is 4.32. The van der Waals surface area contributed by atoms with Crippen molar-refractivity contribution >= 4 is 16.5 Å². The molecule has 1 aliphatic rings. The predicted molar refractivity (Wildman–Crippen MR) is 91.9 cm³/mol. The summed E-state index contributed by atoms with van der Waals surface area (Å²) >= 11 is 1.62. The highest BCUT2D eigenvalue weighted by molar-refractivity contribution is 7.15. The molecule has 1 aromatic carbocycles. The van der Waals surface area contributed by atoms with Crippen LogP contribution < -0.4 is 4.90 Å². The van der Waals surface area contributed by atoms with E-state index in [0.29, 0.717) is 12.3 Å². The van der Waals surface area contributed by atoms with Gasteiger partial charge in [0.2, 0.25) is 5.13 Å². The van der Waals surface area contributed by atoms with Crippen LogP contribution in [0.4, 0.5) is 9.52 Å². The average molecular weight is 343 g/mol. The number of rotatable bonds is 4. The van der Waals surface area contributed by atoms with Crippen LogP contribution in [0, 0.1) is 5.82 Å². The Balaban J connectivity index is 1.45. The van der Waals surface area contributed by atoms with Gasteiger partial charge in [-0.2, -0.15) is 0 Å². The monoisotopic (exact) mass is 343 g/mol. The molecule has 124 valence electrons. The number of halogens is 1. The second-order valence-electron chi connectivity index (χ2n) is 6.04. The van der Waals surface area contributed by atoms with Crippen molar-refractivity contribution in [3.05, 3.63) is 58.9 Å². The maximum atomic E-state index is 13.0. The van der Waals surface area contributed by atoms with Crippen LogP contribution in [0.3, 0.4) is 0 Å². The first-order valence-corrected chi connectivity index (χ1v) is 8.90. The predicted octanol–water partition coefficient (Wildman–Crippen LogP) is 3.38. The largest absolute Gasteiger partial charge is 0.348 e. The first-order valence-electron chi connectivity index (χ1n) is 8.09. The molecule has 3 aromatic rings. The van der Waals surface area contributed by atoms with Crippen molar-refractivity contribution in [2.24, 2.45) is 0 Å². The number of H-pyrrole nitrogens is 1. The van der Waals surface area contributed by atoms with Crippen molar-refractivity contribution in [2.75, 3.05) is 18.0 Å². The average Bonchev–Trinajstić information content (AvgIpc) is 3.29. The smallest absolute Gasteiger partial charge is 0.208 e. The Morgan fingerprint density at radius 3 is 2.92 bits per heavy atom. The van der Waals surface area contributed by atoms with Gasteiger partial charge < -0.3 is 9.88 Å². The van der Waals surface area contributed by atoms with Gasteiger partial charge in [0.1, 0.15) is 16.6 Å². The van der Waals surface area contributed by atoms with E-state index in [1.807, 2.05) is 6.20 Å². The van der Waals surface area contributed by atoms with Crippen LogP contribution >= 0.6 is 11.3 Å². The molecule has 0 bridgehead atoms. The van der Waals surface area contributed by atoms with Crippen LogP contribution in [0.2, 0.25) is 0 Å².